The lowest BCUT2D eigenvalue weighted by Gasteiger charge is -2.00. The molecule has 0 bridgehead atoms. The van der Waals surface area contributed by atoms with Crippen molar-refractivity contribution < 1.29 is 8.42 Å². The van der Waals surface area contributed by atoms with Gasteiger partial charge in [0.2, 0.25) is 0 Å². The maximum Gasteiger partial charge on any atom is 0.282 e. The van der Waals surface area contributed by atoms with Gasteiger partial charge in [0.1, 0.15) is 0 Å². The predicted octanol–water partition coefficient (Wildman–Crippen LogP) is 2.42. The Hall–Kier alpha value is -1.16. The molecule has 3 nitrogen and oxygen atoms in total. The van der Waals surface area contributed by atoms with E-state index in [-0.39, 0.29) is 4.90 Å². The van der Waals surface area contributed by atoms with Gasteiger partial charge in [-0.05, 0) is 38.0 Å². The Bertz CT molecular complexity index is 454. The van der Waals surface area contributed by atoms with E-state index < -0.39 is 10.0 Å². The van der Waals surface area contributed by atoms with E-state index >= 15 is 0 Å². The average molecular weight is 225 g/mol. The molecule has 0 saturated carbocycles. The van der Waals surface area contributed by atoms with E-state index in [2.05, 4.69) is 4.40 Å². The zero-order valence-corrected chi connectivity index (χ0v) is 10.0. The molecule has 0 amide bonds. The van der Waals surface area contributed by atoms with Crippen molar-refractivity contribution in [2.45, 2.75) is 32.1 Å². The molecule has 0 heterocycles. The highest BCUT2D eigenvalue weighted by Crippen LogP contribution is 2.13. The third-order valence-electron chi connectivity index (χ3n) is 1.93. The molecule has 0 aliphatic heterocycles. The number of nitrogens with zero attached hydrogens (tertiary/aromatic N) is 1. The number of benzene rings is 1. The predicted molar refractivity (Wildman–Crippen MR) is 61.8 cm³/mol. The van der Waals surface area contributed by atoms with Crippen molar-refractivity contribution in [3.8, 4) is 0 Å². The van der Waals surface area contributed by atoms with Crippen molar-refractivity contribution >= 4 is 15.7 Å². The SMILES string of the molecule is CCc1ccc(S(=O)(=O)N=C(C)C)cc1. The Morgan fingerprint density at radius 1 is 1.20 bits per heavy atom. The smallest absolute Gasteiger partial charge is 0.199 e. The summed E-state index contributed by atoms with van der Waals surface area (Å²) in [5.41, 5.74) is 1.65. The largest absolute Gasteiger partial charge is 0.282 e. The van der Waals surface area contributed by atoms with Crippen LogP contribution in [-0.4, -0.2) is 14.1 Å². The van der Waals surface area contributed by atoms with Gasteiger partial charge in [0, 0.05) is 5.71 Å². The second kappa shape index (κ2) is 4.57. The van der Waals surface area contributed by atoms with Crippen molar-refractivity contribution in [3.05, 3.63) is 29.8 Å². The first-order valence-electron chi connectivity index (χ1n) is 4.83. The first kappa shape index (κ1) is 11.9. The monoisotopic (exact) mass is 225 g/mol. The van der Waals surface area contributed by atoms with Crippen molar-refractivity contribution in [2.75, 3.05) is 0 Å². The van der Waals surface area contributed by atoms with Gasteiger partial charge < -0.3 is 0 Å². The zero-order valence-electron chi connectivity index (χ0n) is 9.19. The summed E-state index contributed by atoms with van der Waals surface area (Å²) in [5.74, 6) is 0. The second-order valence-electron chi connectivity index (χ2n) is 3.51. The number of aryl methyl sites for hydroxylation is 1. The van der Waals surface area contributed by atoms with Gasteiger partial charge >= 0.3 is 0 Å². The molecule has 0 aliphatic rings. The summed E-state index contributed by atoms with van der Waals surface area (Å²) in [6, 6.07) is 6.82. The minimum Gasteiger partial charge on any atom is -0.199 e. The fraction of sp³-hybridized carbons (Fsp3) is 0.364. The van der Waals surface area contributed by atoms with Gasteiger partial charge in [-0.3, -0.25) is 0 Å². The maximum absolute atomic E-state index is 11.7. The van der Waals surface area contributed by atoms with Crippen molar-refractivity contribution in [2.24, 2.45) is 4.40 Å². The topological polar surface area (TPSA) is 46.5 Å². The molecule has 0 fully saturated rings. The van der Waals surface area contributed by atoms with E-state index in [4.69, 9.17) is 0 Å². The third kappa shape index (κ3) is 3.16. The summed E-state index contributed by atoms with van der Waals surface area (Å²) in [5, 5.41) is 0. The van der Waals surface area contributed by atoms with E-state index in [1.165, 1.54) is 0 Å². The van der Waals surface area contributed by atoms with Gasteiger partial charge in [-0.1, -0.05) is 19.1 Å². The molecule has 82 valence electrons. The first-order valence-corrected chi connectivity index (χ1v) is 6.27. The molecule has 0 unspecified atom stereocenters. The van der Waals surface area contributed by atoms with Gasteiger partial charge in [0.15, 0.2) is 0 Å². The lowest BCUT2D eigenvalue weighted by atomic mass is 10.2. The van der Waals surface area contributed by atoms with Gasteiger partial charge in [-0.2, -0.15) is 12.8 Å². The van der Waals surface area contributed by atoms with Crippen molar-refractivity contribution in [3.63, 3.8) is 0 Å². The van der Waals surface area contributed by atoms with Crippen molar-refractivity contribution in [1.29, 1.82) is 0 Å². The van der Waals surface area contributed by atoms with E-state index in [9.17, 15) is 8.42 Å². The standard InChI is InChI=1S/C11H15NO2S/c1-4-10-5-7-11(8-6-10)15(13,14)12-9(2)3/h5-8H,4H2,1-3H3. The number of hydrogen-bond donors (Lipinski definition) is 0. The van der Waals surface area contributed by atoms with Gasteiger partial charge in [0.25, 0.3) is 10.0 Å². The molecule has 4 heteroatoms. The molecule has 0 radical (unpaired) electrons. The molecule has 15 heavy (non-hydrogen) atoms. The Balaban J connectivity index is 3.12. The van der Waals surface area contributed by atoms with Crippen LogP contribution in [0.15, 0.2) is 33.6 Å². The molecule has 0 aromatic heterocycles. The van der Waals surface area contributed by atoms with E-state index in [0.29, 0.717) is 5.71 Å². The maximum atomic E-state index is 11.7. The van der Waals surface area contributed by atoms with E-state index in [1.807, 2.05) is 19.1 Å². The van der Waals surface area contributed by atoms with Gasteiger partial charge in [-0.15, -0.1) is 0 Å². The highest BCUT2D eigenvalue weighted by Gasteiger charge is 2.11. The Labute approximate surface area is 90.9 Å². The normalized spacial score (nSPS) is 11.1. The summed E-state index contributed by atoms with van der Waals surface area (Å²) in [7, 11) is -3.50. The molecule has 0 saturated heterocycles. The minimum atomic E-state index is -3.50. The molecule has 0 spiro atoms. The molecular formula is C11H15NO2S. The van der Waals surface area contributed by atoms with E-state index in [0.717, 1.165) is 12.0 Å². The molecule has 0 aliphatic carbocycles. The molecule has 1 aromatic rings. The van der Waals surface area contributed by atoms with Gasteiger partial charge in [0.05, 0.1) is 4.90 Å². The van der Waals surface area contributed by atoms with Gasteiger partial charge in [-0.25, -0.2) is 0 Å². The van der Waals surface area contributed by atoms with Crippen LogP contribution in [0.3, 0.4) is 0 Å². The first-order chi connectivity index (χ1) is 6.95. The lowest BCUT2D eigenvalue weighted by molar-refractivity contribution is 0.598. The Morgan fingerprint density at radius 2 is 1.73 bits per heavy atom. The molecule has 0 N–H and O–H groups in total. The van der Waals surface area contributed by atoms with Crippen LogP contribution in [0.25, 0.3) is 0 Å². The fourth-order valence-electron chi connectivity index (χ4n) is 1.19. The molecule has 0 atom stereocenters. The van der Waals surface area contributed by atoms with Crippen LogP contribution in [0.4, 0.5) is 0 Å². The highest BCUT2D eigenvalue weighted by atomic mass is 32.2. The lowest BCUT2D eigenvalue weighted by Crippen LogP contribution is -1.99. The number of hydrogen-bond acceptors (Lipinski definition) is 2. The number of rotatable bonds is 3. The summed E-state index contributed by atoms with van der Waals surface area (Å²) in [4.78, 5) is 0.251. The van der Waals surface area contributed by atoms with Crippen LogP contribution < -0.4 is 0 Å². The van der Waals surface area contributed by atoms with Crippen LogP contribution >= 0.6 is 0 Å². The molecule has 1 rings (SSSR count). The third-order valence-corrected chi connectivity index (χ3v) is 3.41. The number of sulfonamides is 1. The Kier molecular flexibility index (Phi) is 3.63. The van der Waals surface area contributed by atoms with Crippen LogP contribution in [0.2, 0.25) is 0 Å². The summed E-state index contributed by atoms with van der Waals surface area (Å²) in [6.07, 6.45) is 0.899. The summed E-state index contributed by atoms with van der Waals surface area (Å²) >= 11 is 0. The second-order valence-corrected chi connectivity index (χ2v) is 5.12. The zero-order chi connectivity index (χ0) is 11.5. The average Bonchev–Trinajstić information content (AvgIpc) is 2.16. The molecule has 1 aromatic carbocycles. The summed E-state index contributed by atoms with van der Waals surface area (Å²) in [6.45, 7) is 5.35. The van der Waals surface area contributed by atoms with Crippen molar-refractivity contribution in [1.82, 2.24) is 0 Å². The fourth-order valence-corrected chi connectivity index (χ4v) is 2.26. The van der Waals surface area contributed by atoms with Crippen LogP contribution in [0.5, 0.6) is 0 Å². The summed E-state index contributed by atoms with van der Waals surface area (Å²) < 4.78 is 26.9. The quantitative estimate of drug-likeness (QED) is 0.742. The van der Waals surface area contributed by atoms with E-state index in [1.54, 1.807) is 26.0 Å². The Morgan fingerprint density at radius 3 is 2.13 bits per heavy atom. The minimum absolute atomic E-state index is 0.251. The van der Waals surface area contributed by atoms with Crippen LogP contribution in [-0.2, 0) is 16.4 Å². The van der Waals surface area contributed by atoms with Crippen LogP contribution in [0.1, 0.15) is 26.3 Å². The van der Waals surface area contributed by atoms with Crippen LogP contribution in [0, 0.1) is 0 Å². The molecular weight excluding hydrogens is 210 g/mol. The highest BCUT2D eigenvalue weighted by molar-refractivity contribution is 7.90.